The Kier molecular flexibility index (Phi) is 5.84. The minimum absolute atomic E-state index is 0.0703. The lowest BCUT2D eigenvalue weighted by Gasteiger charge is -2.14. The number of carbonyl (C=O) groups excluding carboxylic acids is 2. The number of carbonyl (C=O) groups is 2. The van der Waals surface area contributed by atoms with Gasteiger partial charge in [0.2, 0.25) is 0 Å². The van der Waals surface area contributed by atoms with Gasteiger partial charge in [-0.05, 0) is 41.1 Å². The molecule has 1 unspecified atom stereocenters. The molecule has 3 aromatic carbocycles. The van der Waals surface area contributed by atoms with Crippen LogP contribution in [0.25, 0.3) is 10.8 Å². The number of benzene rings is 3. The maximum atomic E-state index is 12.3. The predicted molar refractivity (Wildman–Crippen MR) is 106 cm³/mol. The van der Waals surface area contributed by atoms with Crippen LogP contribution >= 0.6 is 0 Å². The highest BCUT2D eigenvalue weighted by Gasteiger charge is 2.12. The van der Waals surface area contributed by atoms with E-state index in [4.69, 9.17) is 0 Å². The molecular formula is C22H23N2O3+. The van der Waals surface area contributed by atoms with Crippen molar-refractivity contribution in [1.82, 2.24) is 0 Å². The maximum Gasteiger partial charge on any atom is 0.337 e. The molecule has 0 bridgehead atoms. The Balaban J connectivity index is 1.55. The molecule has 2 N–H and O–H groups in total. The molecule has 5 heteroatoms. The number of nitrogens with one attached hydrogen (secondary N) is 2. The fourth-order valence-corrected chi connectivity index (χ4v) is 3.05. The highest BCUT2D eigenvalue weighted by atomic mass is 16.5. The first-order chi connectivity index (χ1) is 13.0. The van der Waals surface area contributed by atoms with Gasteiger partial charge in [0.05, 0.1) is 19.7 Å². The average molecular weight is 363 g/mol. The molecule has 0 aromatic heterocycles. The second-order valence-corrected chi connectivity index (χ2v) is 6.61. The van der Waals surface area contributed by atoms with Gasteiger partial charge in [0.15, 0.2) is 6.54 Å². The topological polar surface area (TPSA) is 59.8 Å². The predicted octanol–water partition coefficient (Wildman–Crippen LogP) is 2.28. The number of rotatable bonds is 6. The molecule has 5 nitrogen and oxygen atoms in total. The van der Waals surface area contributed by atoms with Crippen molar-refractivity contribution in [1.29, 1.82) is 0 Å². The van der Waals surface area contributed by atoms with Gasteiger partial charge < -0.3 is 15.0 Å². The van der Waals surface area contributed by atoms with Crippen LogP contribution in [0.2, 0.25) is 0 Å². The maximum absolute atomic E-state index is 12.3. The van der Waals surface area contributed by atoms with Crippen molar-refractivity contribution in [2.45, 2.75) is 6.54 Å². The summed E-state index contributed by atoms with van der Waals surface area (Å²) in [6.45, 7) is 1.12. The van der Waals surface area contributed by atoms with Crippen LogP contribution in [0.15, 0.2) is 66.7 Å². The number of hydrogen-bond acceptors (Lipinski definition) is 3. The summed E-state index contributed by atoms with van der Waals surface area (Å²) < 4.78 is 4.66. The van der Waals surface area contributed by atoms with Gasteiger partial charge in [-0.25, -0.2) is 4.79 Å². The molecule has 0 saturated heterocycles. The number of esters is 1. The van der Waals surface area contributed by atoms with Crippen LogP contribution in [-0.2, 0) is 16.1 Å². The van der Waals surface area contributed by atoms with Crippen LogP contribution in [0.3, 0.4) is 0 Å². The number of anilines is 1. The summed E-state index contributed by atoms with van der Waals surface area (Å²) >= 11 is 0. The van der Waals surface area contributed by atoms with E-state index in [2.05, 4.69) is 40.4 Å². The van der Waals surface area contributed by atoms with Gasteiger partial charge in [-0.2, -0.15) is 0 Å². The summed E-state index contributed by atoms with van der Waals surface area (Å²) in [4.78, 5) is 24.8. The number of hydrogen-bond donors (Lipinski definition) is 2. The standard InChI is InChI=1S/C22H22N2O3/c1-24(14-16-7-8-17-5-3-4-6-19(17)13-16)15-21(25)23-20-11-9-18(10-12-20)22(26)27-2/h3-13H,14-15H2,1-2H3,(H,23,25)/p+1. The SMILES string of the molecule is COC(=O)c1ccc(NC(=O)C[NH+](C)Cc2ccc3ccccc3c2)cc1. The second-order valence-electron chi connectivity index (χ2n) is 6.61. The van der Waals surface area contributed by atoms with Gasteiger partial charge in [-0.15, -0.1) is 0 Å². The zero-order valence-electron chi connectivity index (χ0n) is 15.5. The van der Waals surface area contributed by atoms with E-state index in [9.17, 15) is 9.59 Å². The average Bonchev–Trinajstić information content (AvgIpc) is 2.67. The van der Waals surface area contributed by atoms with E-state index < -0.39 is 5.97 Å². The van der Waals surface area contributed by atoms with E-state index in [1.807, 2.05) is 19.2 Å². The van der Waals surface area contributed by atoms with Crippen molar-refractivity contribution in [3.8, 4) is 0 Å². The minimum atomic E-state index is -0.396. The third-order valence-corrected chi connectivity index (χ3v) is 4.37. The molecule has 1 amide bonds. The van der Waals surface area contributed by atoms with Gasteiger partial charge in [0.25, 0.3) is 5.91 Å². The van der Waals surface area contributed by atoms with Crippen LogP contribution in [0.4, 0.5) is 5.69 Å². The van der Waals surface area contributed by atoms with E-state index in [0.29, 0.717) is 17.8 Å². The second kappa shape index (κ2) is 8.47. The summed E-state index contributed by atoms with van der Waals surface area (Å²) in [6, 6.07) is 21.3. The monoisotopic (exact) mass is 363 g/mol. The molecule has 0 radical (unpaired) electrons. The Morgan fingerprint density at radius 1 is 0.963 bits per heavy atom. The van der Waals surface area contributed by atoms with Gasteiger partial charge in [-0.1, -0.05) is 36.4 Å². The number of quaternary nitrogens is 1. The molecule has 0 fully saturated rings. The first-order valence-corrected chi connectivity index (χ1v) is 8.82. The number of ether oxygens (including phenoxy) is 1. The van der Waals surface area contributed by atoms with Crippen molar-refractivity contribution in [2.75, 3.05) is 26.0 Å². The molecule has 0 aliphatic heterocycles. The van der Waals surface area contributed by atoms with E-state index >= 15 is 0 Å². The number of likely N-dealkylation sites (N-methyl/N-ethyl adjacent to an activating group) is 1. The molecule has 3 rings (SSSR count). The highest BCUT2D eigenvalue weighted by Crippen LogP contribution is 2.15. The lowest BCUT2D eigenvalue weighted by atomic mass is 10.1. The normalized spacial score (nSPS) is 11.8. The Hall–Kier alpha value is -3.18. The molecule has 0 spiro atoms. The van der Waals surface area contributed by atoms with E-state index in [-0.39, 0.29) is 5.91 Å². The fourth-order valence-electron chi connectivity index (χ4n) is 3.05. The number of methoxy groups -OCH3 is 1. The summed E-state index contributed by atoms with van der Waals surface area (Å²) in [7, 11) is 3.33. The molecule has 0 saturated carbocycles. The zero-order chi connectivity index (χ0) is 19.2. The lowest BCUT2D eigenvalue weighted by Crippen LogP contribution is -3.08. The van der Waals surface area contributed by atoms with Crippen LogP contribution in [0.1, 0.15) is 15.9 Å². The van der Waals surface area contributed by atoms with Crippen molar-refractivity contribution in [2.24, 2.45) is 0 Å². The van der Waals surface area contributed by atoms with Crippen molar-refractivity contribution in [3.63, 3.8) is 0 Å². The van der Waals surface area contributed by atoms with E-state index in [1.54, 1.807) is 24.3 Å². The number of fused-ring (bicyclic) bond motifs is 1. The molecular weight excluding hydrogens is 340 g/mol. The molecule has 0 aliphatic rings. The molecule has 27 heavy (non-hydrogen) atoms. The van der Waals surface area contributed by atoms with Gasteiger partial charge >= 0.3 is 5.97 Å². The molecule has 1 atom stereocenters. The number of amides is 1. The van der Waals surface area contributed by atoms with Crippen molar-refractivity contribution < 1.29 is 19.2 Å². The van der Waals surface area contributed by atoms with Crippen molar-refractivity contribution in [3.05, 3.63) is 77.9 Å². The third-order valence-electron chi connectivity index (χ3n) is 4.37. The Bertz CT molecular complexity index is 951. The van der Waals surface area contributed by atoms with Crippen LogP contribution in [-0.4, -0.2) is 32.6 Å². The smallest absolute Gasteiger partial charge is 0.337 e. The third kappa shape index (κ3) is 4.92. The Morgan fingerprint density at radius 3 is 2.37 bits per heavy atom. The van der Waals surface area contributed by atoms with E-state index in [0.717, 1.165) is 11.4 Å². The van der Waals surface area contributed by atoms with Crippen molar-refractivity contribution >= 4 is 28.3 Å². The van der Waals surface area contributed by atoms with Gasteiger partial charge in [0, 0.05) is 11.3 Å². The molecule has 0 aliphatic carbocycles. The van der Waals surface area contributed by atoms with Gasteiger partial charge in [0.1, 0.15) is 6.54 Å². The van der Waals surface area contributed by atoms with E-state index in [1.165, 1.54) is 23.4 Å². The summed E-state index contributed by atoms with van der Waals surface area (Å²) in [5.41, 5.74) is 2.31. The highest BCUT2D eigenvalue weighted by molar-refractivity contribution is 5.93. The Labute approximate surface area is 158 Å². The first kappa shape index (κ1) is 18.6. The van der Waals surface area contributed by atoms with Crippen LogP contribution < -0.4 is 10.2 Å². The van der Waals surface area contributed by atoms with Crippen LogP contribution in [0.5, 0.6) is 0 Å². The van der Waals surface area contributed by atoms with Crippen LogP contribution in [0, 0.1) is 0 Å². The Morgan fingerprint density at radius 2 is 1.67 bits per heavy atom. The molecule has 0 heterocycles. The summed E-state index contributed by atoms with van der Waals surface area (Å²) in [5.74, 6) is -0.466. The molecule has 3 aromatic rings. The lowest BCUT2D eigenvalue weighted by molar-refractivity contribution is -0.885. The first-order valence-electron chi connectivity index (χ1n) is 8.82. The quantitative estimate of drug-likeness (QED) is 0.661. The fraction of sp³-hybridized carbons (Fsp3) is 0.182. The molecule has 138 valence electrons. The zero-order valence-corrected chi connectivity index (χ0v) is 15.5. The van der Waals surface area contributed by atoms with Gasteiger partial charge in [-0.3, -0.25) is 4.79 Å². The minimum Gasteiger partial charge on any atom is -0.465 e. The summed E-state index contributed by atoms with van der Waals surface area (Å²) in [5, 5.41) is 5.28. The summed E-state index contributed by atoms with van der Waals surface area (Å²) in [6.07, 6.45) is 0. The largest absolute Gasteiger partial charge is 0.465 e.